The van der Waals surface area contributed by atoms with E-state index in [0.29, 0.717) is 32.5 Å². The van der Waals surface area contributed by atoms with Gasteiger partial charge in [-0.15, -0.1) is 0 Å². The summed E-state index contributed by atoms with van der Waals surface area (Å²) in [6, 6.07) is 10.6. The number of amides is 2. The molecule has 2 amide bonds. The average molecular weight is 427 g/mol. The van der Waals surface area contributed by atoms with Crippen molar-refractivity contribution < 1.29 is 14.3 Å². The fourth-order valence-electron chi connectivity index (χ4n) is 4.50. The Hall–Kier alpha value is -2.18. The van der Waals surface area contributed by atoms with Crippen LogP contribution in [-0.2, 0) is 20.7 Å². The van der Waals surface area contributed by atoms with Crippen molar-refractivity contribution in [3.05, 3.63) is 46.7 Å². The Bertz CT molecular complexity index is 872. The summed E-state index contributed by atoms with van der Waals surface area (Å²) in [4.78, 5) is 28.0. The Morgan fingerprint density at radius 1 is 1.23 bits per heavy atom. The molecule has 0 radical (unpaired) electrons. The van der Waals surface area contributed by atoms with Gasteiger partial charge in [-0.05, 0) is 73.0 Å². The third kappa shape index (κ3) is 4.44. The molecule has 2 fully saturated rings. The molecule has 0 aliphatic carbocycles. The van der Waals surface area contributed by atoms with Crippen molar-refractivity contribution in [2.45, 2.75) is 51.7 Å². The van der Waals surface area contributed by atoms with Crippen LogP contribution in [0.1, 0.15) is 38.7 Å². The van der Waals surface area contributed by atoms with E-state index in [1.807, 2.05) is 18.7 Å². The summed E-state index contributed by atoms with van der Waals surface area (Å²) in [5, 5.41) is 7.31. The van der Waals surface area contributed by atoms with Crippen LogP contribution in [0.2, 0.25) is 0 Å². The number of nitrogens with zero attached hydrogens (tertiary/aromatic N) is 1. The molecule has 5 nitrogen and oxygen atoms in total. The fourth-order valence-corrected chi connectivity index (χ4v) is 5.16. The predicted octanol–water partition coefficient (Wildman–Crippen LogP) is 3.88. The van der Waals surface area contributed by atoms with Crippen molar-refractivity contribution in [2.24, 2.45) is 5.41 Å². The second-order valence-corrected chi connectivity index (χ2v) is 9.59. The lowest BCUT2D eigenvalue weighted by Crippen LogP contribution is -2.48. The molecule has 2 aliphatic heterocycles. The molecule has 2 saturated heterocycles. The van der Waals surface area contributed by atoms with Gasteiger partial charge in [-0.3, -0.25) is 9.59 Å². The average Bonchev–Trinajstić information content (AvgIpc) is 3.49. The quantitative estimate of drug-likeness (QED) is 0.763. The van der Waals surface area contributed by atoms with Crippen LogP contribution in [0.5, 0.6) is 0 Å². The van der Waals surface area contributed by atoms with Gasteiger partial charge in [-0.1, -0.05) is 24.3 Å². The molecule has 2 atom stereocenters. The number of rotatable bonds is 6. The summed E-state index contributed by atoms with van der Waals surface area (Å²) in [6.07, 6.45) is 2.68. The van der Waals surface area contributed by atoms with Crippen LogP contribution in [-0.4, -0.2) is 48.6 Å². The van der Waals surface area contributed by atoms with E-state index in [0.717, 1.165) is 18.4 Å². The number of carbonyl (C=O) groups excluding carboxylic acids is 2. The van der Waals surface area contributed by atoms with Crippen LogP contribution in [0.3, 0.4) is 0 Å². The highest BCUT2D eigenvalue weighted by atomic mass is 32.1. The van der Waals surface area contributed by atoms with Crippen molar-refractivity contribution in [1.29, 1.82) is 0 Å². The van der Waals surface area contributed by atoms with E-state index >= 15 is 0 Å². The maximum absolute atomic E-state index is 13.2. The number of likely N-dealkylation sites (tertiary alicyclic amines) is 1. The SMILES string of the molecule is CC(C)NC(=O)C1(Cc2ccc(-c3ccsc3)cc2)CCN(C(=O)C2CCCO2)C1. The maximum atomic E-state index is 13.2. The van der Waals surface area contributed by atoms with Crippen molar-refractivity contribution in [2.75, 3.05) is 19.7 Å². The molecule has 30 heavy (non-hydrogen) atoms. The molecule has 2 aliphatic rings. The Labute approximate surface area is 182 Å². The molecular formula is C24H30N2O3S. The standard InChI is InChI=1S/C24H30N2O3S/c1-17(2)25-23(28)24(10-11-26(16-24)22(27)21-4-3-12-29-21)14-18-5-7-19(8-6-18)20-9-13-30-15-20/h5-9,13,15,17,21H,3-4,10-12,14,16H2,1-2H3,(H,25,28). The van der Waals surface area contributed by atoms with E-state index in [2.05, 4.69) is 46.4 Å². The van der Waals surface area contributed by atoms with Crippen LogP contribution in [0.25, 0.3) is 11.1 Å². The molecule has 0 spiro atoms. The number of hydrogen-bond donors (Lipinski definition) is 1. The fraction of sp³-hybridized carbons (Fsp3) is 0.500. The molecular weight excluding hydrogens is 396 g/mol. The van der Waals surface area contributed by atoms with E-state index in [-0.39, 0.29) is 24.0 Å². The van der Waals surface area contributed by atoms with E-state index in [1.54, 1.807) is 11.3 Å². The van der Waals surface area contributed by atoms with Crippen LogP contribution < -0.4 is 5.32 Å². The van der Waals surface area contributed by atoms with Crippen LogP contribution in [0.15, 0.2) is 41.1 Å². The lowest BCUT2D eigenvalue weighted by Gasteiger charge is -2.30. The monoisotopic (exact) mass is 426 g/mol. The molecule has 2 aromatic rings. The van der Waals surface area contributed by atoms with Gasteiger partial charge in [0.05, 0.1) is 5.41 Å². The van der Waals surface area contributed by atoms with Crippen molar-refractivity contribution in [3.8, 4) is 11.1 Å². The van der Waals surface area contributed by atoms with Gasteiger partial charge in [0, 0.05) is 25.7 Å². The lowest BCUT2D eigenvalue weighted by atomic mass is 9.79. The summed E-state index contributed by atoms with van der Waals surface area (Å²) in [5.74, 6) is 0.0848. The minimum atomic E-state index is -0.595. The topological polar surface area (TPSA) is 58.6 Å². The van der Waals surface area contributed by atoms with E-state index < -0.39 is 5.41 Å². The first kappa shape index (κ1) is 21.1. The molecule has 2 unspecified atom stereocenters. The molecule has 160 valence electrons. The Balaban J connectivity index is 1.53. The van der Waals surface area contributed by atoms with Crippen LogP contribution in [0, 0.1) is 5.41 Å². The third-order valence-corrected chi connectivity index (χ3v) is 6.81. The second-order valence-electron chi connectivity index (χ2n) is 8.81. The van der Waals surface area contributed by atoms with Crippen molar-refractivity contribution in [1.82, 2.24) is 10.2 Å². The van der Waals surface area contributed by atoms with Gasteiger partial charge in [0.1, 0.15) is 6.10 Å². The molecule has 3 heterocycles. The first-order chi connectivity index (χ1) is 14.5. The lowest BCUT2D eigenvalue weighted by molar-refractivity contribution is -0.141. The van der Waals surface area contributed by atoms with E-state index in [1.165, 1.54) is 11.1 Å². The molecule has 1 N–H and O–H groups in total. The first-order valence-electron chi connectivity index (χ1n) is 10.8. The van der Waals surface area contributed by atoms with Crippen molar-refractivity contribution >= 4 is 23.2 Å². The highest BCUT2D eigenvalue weighted by Gasteiger charge is 2.47. The van der Waals surface area contributed by atoms with Crippen molar-refractivity contribution in [3.63, 3.8) is 0 Å². The molecule has 4 rings (SSSR count). The highest BCUT2D eigenvalue weighted by molar-refractivity contribution is 7.08. The number of benzene rings is 1. The second kappa shape index (κ2) is 8.90. The third-order valence-electron chi connectivity index (χ3n) is 6.12. The van der Waals surface area contributed by atoms with E-state index in [9.17, 15) is 9.59 Å². The number of carbonyl (C=O) groups is 2. The van der Waals surface area contributed by atoms with Gasteiger partial charge in [0.15, 0.2) is 0 Å². The first-order valence-corrected chi connectivity index (χ1v) is 11.7. The summed E-state index contributed by atoms with van der Waals surface area (Å²) < 4.78 is 5.60. The maximum Gasteiger partial charge on any atom is 0.251 e. The normalized spacial score (nSPS) is 23.8. The molecule has 0 saturated carbocycles. The zero-order chi connectivity index (χ0) is 21.1. The van der Waals surface area contributed by atoms with Gasteiger partial charge in [-0.2, -0.15) is 11.3 Å². The zero-order valence-corrected chi connectivity index (χ0v) is 18.5. The minimum absolute atomic E-state index is 0.0412. The molecule has 0 bridgehead atoms. The Morgan fingerprint density at radius 2 is 2.03 bits per heavy atom. The number of thiophene rings is 1. The number of hydrogen-bond acceptors (Lipinski definition) is 4. The van der Waals surface area contributed by atoms with Gasteiger partial charge < -0.3 is 15.0 Å². The largest absolute Gasteiger partial charge is 0.368 e. The van der Waals surface area contributed by atoms with Gasteiger partial charge in [0.25, 0.3) is 5.91 Å². The molecule has 1 aromatic carbocycles. The highest BCUT2D eigenvalue weighted by Crippen LogP contribution is 2.36. The predicted molar refractivity (Wildman–Crippen MR) is 119 cm³/mol. The summed E-state index contributed by atoms with van der Waals surface area (Å²) >= 11 is 1.69. The Morgan fingerprint density at radius 3 is 2.67 bits per heavy atom. The van der Waals surface area contributed by atoms with Crippen LogP contribution in [0.4, 0.5) is 0 Å². The minimum Gasteiger partial charge on any atom is -0.368 e. The van der Waals surface area contributed by atoms with Gasteiger partial charge in [-0.25, -0.2) is 0 Å². The summed E-state index contributed by atoms with van der Waals surface area (Å²) in [5.41, 5.74) is 2.93. The molecule has 1 aromatic heterocycles. The summed E-state index contributed by atoms with van der Waals surface area (Å²) in [7, 11) is 0. The molecule has 6 heteroatoms. The number of ether oxygens (including phenoxy) is 1. The van der Waals surface area contributed by atoms with Gasteiger partial charge in [0.2, 0.25) is 5.91 Å². The van der Waals surface area contributed by atoms with Crippen LogP contribution >= 0.6 is 11.3 Å². The zero-order valence-electron chi connectivity index (χ0n) is 17.7. The Kier molecular flexibility index (Phi) is 6.25. The van der Waals surface area contributed by atoms with E-state index in [4.69, 9.17) is 4.74 Å². The smallest absolute Gasteiger partial charge is 0.251 e. The number of nitrogens with one attached hydrogen (secondary N) is 1. The van der Waals surface area contributed by atoms with Gasteiger partial charge >= 0.3 is 0 Å². The summed E-state index contributed by atoms with van der Waals surface area (Å²) in [6.45, 7) is 5.67.